The van der Waals surface area contributed by atoms with Crippen LogP contribution in [0.2, 0.25) is 0 Å². The molecule has 0 bridgehead atoms. The minimum Gasteiger partial charge on any atom is -0.480 e. The van der Waals surface area contributed by atoms with Crippen LogP contribution in [0.25, 0.3) is 0 Å². The molecule has 0 aromatic carbocycles. The zero-order valence-corrected chi connectivity index (χ0v) is 38.2. The van der Waals surface area contributed by atoms with Gasteiger partial charge in [0.25, 0.3) is 0 Å². The van der Waals surface area contributed by atoms with Gasteiger partial charge < -0.3 is 81.4 Å². The molecule has 1 aliphatic rings. The van der Waals surface area contributed by atoms with Crippen LogP contribution in [0.5, 0.6) is 0 Å². The Morgan fingerprint density at radius 2 is 1.24 bits per heavy atom. The van der Waals surface area contributed by atoms with Crippen molar-refractivity contribution < 1.29 is 58.2 Å². The number of likely N-dealkylation sites (tertiary alicyclic amines) is 1. The van der Waals surface area contributed by atoms with Crippen LogP contribution < -0.4 is 66.3 Å². The van der Waals surface area contributed by atoms with Crippen molar-refractivity contribution in [3.63, 3.8) is 0 Å². The number of aliphatic imine (C=N–C) groups is 1. The van der Waals surface area contributed by atoms with E-state index in [2.05, 4.69) is 36.9 Å². The number of carbonyl (C=O) groups excluding carboxylic acids is 9. The van der Waals surface area contributed by atoms with Crippen molar-refractivity contribution in [1.29, 1.82) is 0 Å². The summed E-state index contributed by atoms with van der Waals surface area (Å²) in [6.07, 6.45) is 0.701. The van der Waals surface area contributed by atoms with Crippen LogP contribution in [0.15, 0.2) is 4.99 Å². The number of unbranched alkanes of at least 4 members (excludes halogenated alkanes) is 1. The van der Waals surface area contributed by atoms with Crippen LogP contribution in [0.1, 0.15) is 98.3 Å². The zero-order valence-electron chi connectivity index (χ0n) is 38.2. The van der Waals surface area contributed by atoms with Gasteiger partial charge in [-0.2, -0.15) is 0 Å². The smallest absolute Gasteiger partial charge is 0.326 e. The van der Waals surface area contributed by atoms with Gasteiger partial charge in [0.1, 0.15) is 42.3 Å². The van der Waals surface area contributed by atoms with Crippen molar-refractivity contribution in [3.8, 4) is 0 Å². The number of nitrogens with two attached hydrogens (primary N) is 6. The van der Waals surface area contributed by atoms with Gasteiger partial charge in [-0.3, -0.25) is 48.1 Å². The molecule has 1 heterocycles. The molecule has 0 radical (unpaired) electrons. The number of nitrogens with one attached hydrogen (secondary N) is 6. The molecular weight excluding hydrogens is 869 g/mol. The molecule has 0 spiro atoms. The number of guanidine groups is 1. The summed E-state index contributed by atoms with van der Waals surface area (Å²) in [6.45, 7) is 6.17. The lowest BCUT2D eigenvalue weighted by atomic mass is 9.99. The highest BCUT2D eigenvalue weighted by atomic mass is 16.4. The first-order chi connectivity index (χ1) is 31.0. The number of carbonyl (C=O) groups is 10. The number of amides is 9. The third-order valence-corrected chi connectivity index (χ3v) is 10.9. The number of carboxylic acids is 1. The van der Waals surface area contributed by atoms with Crippen molar-refractivity contribution in [3.05, 3.63) is 0 Å². The summed E-state index contributed by atoms with van der Waals surface area (Å²) in [4.78, 5) is 135. The lowest BCUT2D eigenvalue weighted by molar-refractivity contribution is -0.144. The number of aliphatic carboxylic acids is 1. The maximum absolute atomic E-state index is 14.1. The summed E-state index contributed by atoms with van der Waals surface area (Å²) < 4.78 is 0. The summed E-state index contributed by atoms with van der Waals surface area (Å²) in [5.41, 5.74) is 32.9. The van der Waals surface area contributed by atoms with Crippen molar-refractivity contribution in [2.24, 2.45) is 51.2 Å². The van der Waals surface area contributed by atoms with Crippen molar-refractivity contribution in [1.82, 2.24) is 36.8 Å². The summed E-state index contributed by atoms with van der Waals surface area (Å²) in [7, 11) is 0. The molecule has 9 amide bonds. The van der Waals surface area contributed by atoms with E-state index in [9.17, 15) is 58.2 Å². The van der Waals surface area contributed by atoms with Gasteiger partial charge >= 0.3 is 5.97 Å². The Labute approximate surface area is 383 Å². The minimum absolute atomic E-state index is 0.0177. The van der Waals surface area contributed by atoms with E-state index in [1.54, 1.807) is 27.7 Å². The number of aliphatic hydroxyl groups excluding tert-OH is 1. The molecule has 0 aromatic rings. The SMILES string of the molecule is CCC(C)C(N)C(=O)NC(CC(N)=O)C(=O)NC(CCC(N)=O)C(=O)NC(CO)C(=O)NC(C(=O)N1CCCC1C(=O)NC(CCCCN)C(=O)NC(CCCN=C(N)N)C(=O)O)C(C)C. The second kappa shape index (κ2) is 29.4. The average molecular weight is 941 g/mol. The van der Waals surface area contributed by atoms with Gasteiger partial charge in [0.15, 0.2) is 5.96 Å². The predicted molar refractivity (Wildman–Crippen MR) is 238 cm³/mol. The highest BCUT2D eigenvalue weighted by Crippen LogP contribution is 2.21. The number of hydrogen-bond acceptors (Lipinski definition) is 14. The lowest BCUT2D eigenvalue weighted by Crippen LogP contribution is -2.61. The quantitative estimate of drug-likeness (QED) is 0.0175. The topological polar surface area (TPSA) is 455 Å². The maximum Gasteiger partial charge on any atom is 0.326 e. The fraction of sp³-hybridized carbons (Fsp3) is 0.725. The van der Waals surface area contributed by atoms with Gasteiger partial charge in [0.2, 0.25) is 53.2 Å². The number of nitrogens with zero attached hydrogens (tertiary/aromatic N) is 2. The van der Waals surface area contributed by atoms with E-state index >= 15 is 0 Å². The maximum atomic E-state index is 14.1. The van der Waals surface area contributed by atoms with E-state index in [0.29, 0.717) is 32.2 Å². The van der Waals surface area contributed by atoms with Gasteiger partial charge in [0.05, 0.1) is 19.1 Å². The fourth-order valence-electron chi connectivity index (χ4n) is 6.80. The molecule has 9 atom stereocenters. The van der Waals surface area contributed by atoms with Crippen LogP contribution in [0.3, 0.4) is 0 Å². The first-order valence-corrected chi connectivity index (χ1v) is 22.0. The monoisotopic (exact) mass is 941 g/mol. The van der Waals surface area contributed by atoms with E-state index in [-0.39, 0.29) is 50.7 Å². The minimum atomic E-state index is -1.74. The van der Waals surface area contributed by atoms with Gasteiger partial charge in [-0.05, 0) is 69.7 Å². The lowest BCUT2D eigenvalue weighted by Gasteiger charge is -2.32. The molecule has 26 nitrogen and oxygen atoms in total. The Morgan fingerprint density at radius 3 is 1.77 bits per heavy atom. The van der Waals surface area contributed by atoms with Crippen LogP contribution in [0.4, 0.5) is 0 Å². The van der Waals surface area contributed by atoms with Crippen LogP contribution in [-0.4, -0.2) is 155 Å². The van der Waals surface area contributed by atoms with Gasteiger partial charge in [-0.25, -0.2) is 4.79 Å². The molecule has 1 fully saturated rings. The molecule has 0 aliphatic carbocycles. The molecule has 26 heteroatoms. The van der Waals surface area contributed by atoms with Crippen LogP contribution in [0, 0.1) is 11.8 Å². The average Bonchev–Trinajstić information content (AvgIpc) is 3.75. The van der Waals surface area contributed by atoms with E-state index < -0.39 is 139 Å². The van der Waals surface area contributed by atoms with E-state index in [1.165, 1.54) is 4.90 Å². The van der Waals surface area contributed by atoms with Crippen LogP contribution >= 0.6 is 0 Å². The summed E-state index contributed by atoms with van der Waals surface area (Å²) in [5.74, 6) is -10.4. The summed E-state index contributed by atoms with van der Waals surface area (Å²) >= 11 is 0. The Kier molecular flexibility index (Phi) is 25.8. The molecular formula is C40H72N14O12. The van der Waals surface area contributed by atoms with Gasteiger partial charge in [-0.15, -0.1) is 0 Å². The largest absolute Gasteiger partial charge is 0.480 e. The first-order valence-electron chi connectivity index (χ1n) is 22.0. The Morgan fingerprint density at radius 1 is 0.697 bits per heavy atom. The molecule has 66 heavy (non-hydrogen) atoms. The Bertz CT molecular complexity index is 1730. The highest BCUT2D eigenvalue weighted by Gasteiger charge is 2.41. The van der Waals surface area contributed by atoms with Crippen LogP contribution in [-0.2, 0) is 47.9 Å². The number of aliphatic hydroxyl groups is 1. The number of carboxylic acid groups (broad SMARTS) is 1. The third-order valence-electron chi connectivity index (χ3n) is 10.9. The molecule has 1 rings (SSSR count). The molecule has 0 aromatic heterocycles. The van der Waals surface area contributed by atoms with E-state index in [1.807, 2.05) is 0 Å². The standard InChI is InChI=1S/C40H72N14O12/c1-5-21(4)30(44)37(63)51-25(18-29(43)57)34(60)48-23(13-14-28(42)56)33(59)52-26(19-55)35(61)53-31(20(2)3)38(64)54-17-9-12-27(54)36(62)49-22(10-6-7-15-41)32(58)50-24(39(65)66)11-8-16-47-40(45)46/h20-27,30-31,55H,5-19,41,44H2,1-4H3,(H2,42,56)(H2,43,57)(H,48,60)(H,49,62)(H,50,58)(H,51,63)(H,52,59)(H,53,61)(H,65,66)(H4,45,46,47). The molecule has 20 N–H and O–H groups in total. The van der Waals surface area contributed by atoms with Crippen molar-refractivity contribution in [2.45, 2.75) is 147 Å². The molecule has 9 unspecified atom stereocenters. The first kappa shape index (κ1) is 57.9. The van der Waals surface area contributed by atoms with Gasteiger partial charge in [0, 0.05) is 19.5 Å². The third kappa shape index (κ3) is 19.9. The number of primary amides is 2. The summed E-state index contributed by atoms with van der Waals surface area (Å²) in [6, 6.07) is -11.0. The van der Waals surface area contributed by atoms with E-state index in [4.69, 9.17) is 34.4 Å². The molecule has 1 saturated heterocycles. The Hall–Kier alpha value is -6.15. The second-order valence-electron chi connectivity index (χ2n) is 16.6. The van der Waals surface area contributed by atoms with Crippen molar-refractivity contribution >= 4 is 65.1 Å². The van der Waals surface area contributed by atoms with Crippen molar-refractivity contribution in [2.75, 3.05) is 26.2 Å². The fourth-order valence-corrected chi connectivity index (χ4v) is 6.80. The molecule has 1 aliphatic heterocycles. The number of hydrogen-bond donors (Lipinski definition) is 14. The summed E-state index contributed by atoms with van der Waals surface area (Å²) in [5, 5.41) is 34.5. The molecule has 0 saturated carbocycles. The normalized spacial score (nSPS) is 17.0. The Balaban J connectivity index is 3.25. The molecule has 374 valence electrons. The van der Waals surface area contributed by atoms with E-state index in [0.717, 1.165) is 0 Å². The zero-order chi connectivity index (χ0) is 50.3. The highest BCUT2D eigenvalue weighted by molar-refractivity contribution is 5.98. The number of rotatable bonds is 31. The predicted octanol–water partition coefficient (Wildman–Crippen LogP) is -5.68. The second-order valence-corrected chi connectivity index (χ2v) is 16.6. The van der Waals surface area contributed by atoms with Gasteiger partial charge in [-0.1, -0.05) is 34.1 Å².